The normalized spacial score (nSPS) is 11.9. The van der Waals surface area contributed by atoms with Crippen molar-refractivity contribution >= 4 is 15.9 Å². The number of aryl methyl sites for hydroxylation is 2. The molecule has 0 aromatic heterocycles. The van der Waals surface area contributed by atoms with Crippen molar-refractivity contribution in [2.75, 3.05) is 0 Å². The van der Waals surface area contributed by atoms with E-state index >= 15 is 0 Å². The molecule has 0 radical (unpaired) electrons. The van der Waals surface area contributed by atoms with Crippen molar-refractivity contribution in [3.8, 4) is 0 Å². The van der Waals surface area contributed by atoms with Gasteiger partial charge in [-0.25, -0.2) is 0 Å². The van der Waals surface area contributed by atoms with Gasteiger partial charge in [-0.3, -0.25) is 0 Å². The van der Waals surface area contributed by atoms with Crippen molar-refractivity contribution < 1.29 is 0 Å². The van der Waals surface area contributed by atoms with E-state index in [1.165, 1.54) is 21.2 Å². The minimum Gasteiger partial charge on any atom is -0.0646 e. The minimum absolute atomic E-state index is 0.259. The third-order valence-corrected chi connectivity index (χ3v) is 4.13. The van der Waals surface area contributed by atoms with Crippen LogP contribution in [0.25, 0.3) is 0 Å². The van der Waals surface area contributed by atoms with Crippen LogP contribution in [0.2, 0.25) is 0 Å². The SMILES string of the molecule is CCC(C)(C)c1c(C)ccc(C)c1Br. The van der Waals surface area contributed by atoms with E-state index < -0.39 is 0 Å². The fourth-order valence-electron chi connectivity index (χ4n) is 1.78. The fourth-order valence-corrected chi connectivity index (χ4v) is 2.77. The molecule has 0 saturated heterocycles. The maximum absolute atomic E-state index is 3.71. The molecular weight excluding hydrogens is 236 g/mol. The van der Waals surface area contributed by atoms with E-state index in [-0.39, 0.29) is 5.41 Å². The van der Waals surface area contributed by atoms with Gasteiger partial charge < -0.3 is 0 Å². The second kappa shape index (κ2) is 4.06. The lowest BCUT2D eigenvalue weighted by Crippen LogP contribution is -2.18. The summed E-state index contributed by atoms with van der Waals surface area (Å²) < 4.78 is 1.28. The molecule has 0 atom stereocenters. The molecule has 14 heavy (non-hydrogen) atoms. The molecule has 0 N–H and O–H groups in total. The Morgan fingerprint density at radius 1 is 1.14 bits per heavy atom. The average Bonchev–Trinajstić information content (AvgIpc) is 2.12. The molecule has 1 heteroatoms. The number of halogens is 1. The largest absolute Gasteiger partial charge is 0.0646 e. The first-order valence-corrected chi connectivity index (χ1v) is 5.95. The van der Waals surface area contributed by atoms with E-state index in [0.717, 1.165) is 6.42 Å². The van der Waals surface area contributed by atoms with Gasteiger partial charge in [0, 0.05) is 4.47 Å². The Morgan fingerprint density at radius 3 is 2.14 bits per heavy atom. The first-order chi connectivity index (χ1) is 6.40. The lowest BCUT2D eigenvalue weighted by molar-refractivity contribution is 0.500. The molecular formula is C13H19Br. The van der Waals surface area contributed by atoms with Crippen molar-refractivity contribution in [1.29, 1.82) is 0 Å². The van der Waals surface area contributed by atoms with Gasteiger partial charge in [0.25, 0.3) is 0 Å². The van der Waals surface area contributed by atoms with Gasteiger partial charge in [-0.15, -0.1) is 0 Å². The summed E-state index contributed by atoms with van der Waals surface area (Å²) in [5.41, 5.74) is 4.43. The zero-order chi connectivity index (χ0) is 10.9. The van der Waals surface area contributed by atoms with Crippen LogP contribution in [0.3, 0.4) is 0 Å². The van der Waals surface area contributed by atoms with Gasteiger partial charge in [0.05, 0.1) is 0 Å². The van der Waals surface area contributed by atoms with Gasteiger partial charge in [0.15, 0.2) is 0 Å². The molecule has 0 unspecified atom stereocenters. The number of rotatable bonds is 2. The van der Waals surface area contributed by atoms with Crippen LogP contribution in [0.1, 0.15) is 43.9 Å². The predicted molar refractivity (Wildman–Crippen MR) is 66.9 cm³/mol. The Kier molecular flexibility index (Phi) is 3.41. The second-order valence-electron chi connectivity index (χ2n) is 4.63. The fraction of sp³-hybridized carbons (Fsp3) is 0.538. The van der Waals surface area contributed by atoms with Crippen LogP contribution >= 0.6 is 15.9 Å². The molecule has 1 aromatic carbocycles. The lowest BCUT2D eigenvalue weighted by atomic mass is 9.79. The highest BCUT2D eigenvalue weighted by Crippen LogP contribution is 2.36. The quantitative estimate of drug-likeness (QED) is 0.715. The van der Waals surface area contributed by atoms with E-state index in [1.807, 2.05) is 0 Å². The number of hydrogen-bond acceptors (Lipinski definition) is 0. The molecule has 0 fully saturated rings. The van der Waals surface area contributed by atoms with Crippen molar-refractivity contribution in [3.05, 3.63) is 33.3 Å². The summed E-state index contributed by atoms with van der Waals surface area (Å²) in [6.07, 6.45) is 1.16. The van der Waals surface area contributed by atoms with E-state index in [9.17, 15) is 0 Å². The molecule has 1 rings (SSSR count). The molecule has 0 aliphatic rings. The summed E-state index contributed by atoms with van der Waals surface area (Å²) in [4.78, 5) is 0. The smallest absolute Gasteiger partial charge is 0.0244 e. The van der Waals surface area contributed by atoms with Crippen LogP contribution < -0.4 is 0 Å². The Morgan fingerprint density at radius 2 is 1.64 bits per heavy atom. The topological polar surface area (TPSA) is 0 Å². The van der Waals surface area contributed by atoms with E-state index in [1.54, 1.807) is 0 Å². The van der Waals surface area contributed by atoms with Crippen molar-refractivity contribution in [2.45, 2.75) is 46.5 Å². The van der Waals surface area contributed by atoms with Crippen LogP contribution in [0, 0.1) is 13.8 Å². The van der Waals surface area contributed by atoms with Crippen molar-refractivity contribution in [1.82, 2.24) is 0 Å². The monoisotopic (exact) mass is 254 g/mol. The van der Waals surface area contributed by atoms with Crippen LogP contribution in [-0.2, 0) is 5.41 Å². The van der Waals surface area contributed by atoms with Crippen LogP contribution in [-0.4, -0.2) is 0 Å². The zero-order valence-corrected chi connectivity index (χ0v) is 11.3. The van der Waals surface area contributed by atoms with Crippen LogP contribution in [0.4, 0.5) is 0 Å². The highest BCUT2D eigenvalue weighted by atomic mass is 79.9. The Bertz CT molecular complexity index is 337. The Labute approximate surface area is 95.9 Å². The molecule has 0 aliphatic carbocycles. The molecule has 78 valence electrons. The van der Waals surface area contributed by atoms with Crippen molar-refractivity contribution in [3.63, 3.8) is 0 Å². The molecule has 0 amide bonds. The Balaban J connectivity index is 3.40. The first kappa shape index (κ1) is 11.8. The van der Waals surface area contributed by atoms with E-state index in [2.05, 4.69) is 62.7 Å². The standard InChI is InChI=1S/C13H19Br/c1-6-13(4,5)11-9(2)7-8-10(3)12(11)14/h7-8H,6H2,1-5H3. The molecule has 0 aliphatic heterocycles. The van der Waals surface area contributed by atoms with Crippen molar-refractivity contribution in [2.24, 2.45) is 0 Å². The molecule has 0 saturated carbocycles. The van der Waals surface area contributed by atoms with E-state index in [4.69, 9.17) is 0 Å². The summed E-state index contributed by atoms with van der Waals surface area (Å²) in [5, 5.41) is 0. The highest BCUT2D eigenvalue weighted by Gasteiger charge is 2.23. The summed E-state index contributed by atoms with van der Waals surface area (Å²) in [6.45, 7) is 11.2. The van der Waals surface area contributed by atoms with E-state index in [0.29, 0.717) is 0 Å². The summed E-state index contributed by atoms with van der Waals surface area (Å²) in [5.74, 6) is 0. The molecule has 0 nitrogen and oxygen atoms in total. The third-order valence-electron chi connectivity index (χ3n) is 3.10. The van der Waals surface area contributed by atoms with Gasteiger partial charge in [0.1, 0.15) is 0 Å². The molecule has 1 aromatic rings. The third kappa shape index (κ3) is 2.03. The predicted octanol–water partition coefficient (Wildman–Crippen LogP) is 4.75. The zero-order valence-electron chi connectivity index (χ0n) is 9.74. The molecule has 0 bridgehead atoms. The van der Waals surface area contributed by atoms with Gasteiger partial charge in [-0.2, -0.15) is 0 Å². The van der Waals surface area contributed by atoms with Gasteiger partial charge in [0.2, 0.25) is 0 Å². The molecule has 0 heterocycles. The number of hydrogen-bond donors (Lipinski definition) is 0. The van der Waals surface area contributed by atoms with Gasteiger partial charge in [-0.1, -0.05) is 48.8 Å². The van der Waals surface area contributed by atoms with Gasteiger partial charge in [-0.05, 0) is 42.4 Å². The summed E-state index contributed by atoms with van der Waals surface area (Å²) >= 11 is 3.71. The molecule has 0 spiro atoms. The summed E-state index contributed by atoms with van der Waals surface area (Å²) in [7, 11) is 0. The maximum Gasteiger partial charge on any atom is 0.0244 e. The highest BCUT2D eigenvalue weighted by molar-refractivity contribution is 9.10. The van der Waals surface area contributed by atoms with Gasteiger partial charge >= 0.3 is 0 Å². The Hall–Kier alpha value is -0.300. The van der Waals surface area contributed by atoms with Crippen LogP contribution in [0.5, 0.6) is 0 Å². The maximum atomic E-state index is 3.71. The summed E-state index contributed by atoms with van der Waals surface area (Å²) in [6, 6.07) is 4.39. The lowest BCUT2D eigenvalue weighted by Gasteiger charge is -2.27. The average molecular weight is 255 g/mol. The first-order valence-electron chi connectivity index (χ1n) is 5.16. The van der Waals surface area contributed by atoms with Crippen LogP contribution in [0.15, 0.2) is 16.6 Å². The minimum atomic E-state index is 0.259. The number of benzene rings is 1. The second-order valence-corrected chi connectivity index (χ2v) is 5.42.